The Hall–Kier alpha value is -2.72. The number of morpholine rings is 1. The molecule has 0 radical (unpaired) electrons. The summed E-state index contributed by atoms with van der Waals surface area (Å²) in [4.78, 5) is 32.5. The molecule has 202 valence electrons. The zero-order chi connectivity index (χ0) is 26.7. The lowest BCUT2D eigenvalue weighted by Crippen LogP contribution is -2.51. The van der Waals surface area contributed by atoms with Crippen molar-refractivity contribution in [1.29, 1.82) is 0 Å². The lowest BCUT2D eigenvalue weighted by Gasteiger charge is -2.39. The molecule has 1 saturated carbocycles. The predicted octanol–water partition coefficient (Wildman–Crippen LogP) is 3.04. The average molecular weight is 540 g/mol. The molecule has 0 spiro atoms. The molecule has 1 aromatic carbocycles. The molecular weight excluding hydrogens is 506 g/mol. The Labute approximate surface area is 226 Å². The van der Waals surface area contributed by atoms with Crippen LogP contribution in [0.5, 0.6) is 0 Å². The highest BCUT2D eigenvalue weighted by molar-refractivity contribution is 6.31. The van der Waals surface area contributed by atoms with Crippen LogP contribution in [-0.2, 0) is 16.1 Å². The Kier molecular flexibility index (Phi) is 6.38. The third kappa shape index (κ3) is 4.66. The second kappa shape index (κ2) is 9.48. The molecule has 1 amide bonds. The Morgan fingerprint density at radius 2 is 1.92 bits per heavy atom. The molecule has 0 bridgehead atoms. The molecule has 1 aliphatic carbocycles. The van der Waals surface area contributed by atoms with E-state index in [2.05, 4.69) is 10.3 Å². The standard InChI is InChI=1S/C28H34ClN5O4/c1-18-14-30-22(15-38-18)19-3-5-20(6-4-19)34-23(29)13-21-24(34)31-17-33(25(21)35)16-28(37)9-11-32(12-10-28)26(36)27(2)7-8-27/h3-6,13,17-18,22,30,37H,7-12,14-16H2,1-2H3/t18-,22-/m0/s1. The van der Waals surface area contributed by atoms with Gasteiger partial charge < -0.3 is 20.1 Å². The summed E-state index contributed by atoms with van der Waals surface area (Å²) in [5.74, 6) is 0.182. The second-order valence-corrected chi connectivity index (χ2v) is 11.9. The minimum atomic E-state index is -1.07. The predicted molar refractivity (Wildman–Crippen MR) is 145 cm³/mol. The molecule has 0 unspecified atom stereocenters. The molecule has 2 saturated heterocycles. The lowest BCUT2D eigenvalue weighted by molar-refractivity contribution is -0.141. The van der Waals surface area contributed by atoms with Crippen LogP contribution in [0, 0.1) is 5.41 Å². The number of aromatic nitrogens is 3. The number of benzene rings is 1. The highest BCUT2D eigenvalue weighted by Gasteiger charge is 2.48. The number of likely N-dealkylation sites (tertiary alicyclic amines) is 1. The van der Waals surface area contributed by atoms with E-state index in [1.165, 1.54) is 10.9 Å². The van der Waals surface area contributed by atoms with Gasteiger partial charge in [0.15, 0.2) is 5.65 Å². The molecule has 3 fully saturated rings. The van der Waals surface area contributed by atoms with E-state index >= 15 is 0 Å². The second-order valence-electron chi connectivity index (χ2n) is 11.5. The molecule has 6 rings (SSSR count). The molecule has 2 aromatic heterocycles. The van der Waals surface area contributed by atoms with Crippen LogP contribution < -0.4 is 10.9 Å². The topological polar surface area (TPSA) is 102 Å². The van der Waals surface area contributed by atoms with Crippen LogP contribution in [-0.4, -0.2) is 68.0 Å². The van der Waals surface area contributed by atoms with Gasteiger partial charge in [0, 0.05) is 30.7 Å². The van der Waals surface area contributed by atoms with Gasteiger partial charge >= 0.3 is 0 Å². The van der Waals surface area contributed by atoms with Crippen molar-refractivity contribution < 1.29 is 14.6 Å². The maximum Gasteiger partial charge on any atom is 0.262 e. The number of nitrogens with one attached hydrogen (secondary N) is 1. The average Bonchev–Trinajstić information content (AvgIpc) is 3.57. The quantitative estimate of drug-likeness (QED) is 0.517. The Bertz CT molecular complexity index is 1410. The van der Waals surface area contributed by atoms with Gasteiger partial charge in [-0.25, -0.2) is 4.98 Å². The summed E-state index contributed by atoms with van der Waals surface area (Å²) in [5.41, 5.74) is 0.870. The smallest absolute Gasteiger partial charge is 0.262 e. The number of hydrogen-bond donors (Lipinski definition) is 2. The lowest BCUT2D eigenvalue weighted by atomic mass is 9.90. The summed E-state index contributed by atoms with van der Waals surface area (Å²) in [6.45, 7) is 6.60. The number of carbonyl (C=O) groups excluding carboxylic acids is 1. The van der Waals surface area contributed by atoms with Crippen molar-refractivity contribution in [3.05, 3.63) is 57.7 Å². The van der Waals surface area contributed by atoms with Crippen LogP contribution in [0.3, 0.4) is 0 Å². The summed E-state index contributed by atoms with van der Waals surface area (Å²) in [7, 11) is 0. The van der Waals surface area contributed by atoms with Crippen LogP contribution in [0.2, 0.25) is 5.15 Å². The third-order valence-electron chi connectivity index (χ3n) is 8.46. The zero-order valence-electron chi connectivity index (χ0n) is 21.8. The molecule has 38 heavy (non-hydrogen) atoms. The first-order valence-corrected chi connectivity index (χ1v) is 13.8. The molecule has 9 nitrogen and oxygen atoms in total. The van der Waals surface area contributed by atoms with Gasteiger partial charge in [0.25, 0.3) is 5.56 Å². The maximum atomic E-state index is 13.4. The van der Waals surface area contributed by atoms with Gasteiger partial charge in [-0.15, -0.1) is 0 Å². The maximum absolute atomic E-state index is 13.4. The molecule has 2 aliphatic heterocycles. The molecule has 10 heteroatoms. The number of nitrogens with zero attached hydrogens (tertiary/aromatic N) is 4. The number of ether oxygens (including phenoxy) is 1. The van der Waals surface area contributed by atoms with E-state index in [-0.39, 0.29) is 35.6 Å². The van der Waals surface area contributed by atoms with Gasteiger partial charge in [-0.2, -0.15) is 0 Å². The Morgan fingerprint density at radius 3 is 2.55 bits per heavy atom. The molecular formula is C28H34ClN5O4. The molecule has 2 N–H and O–H groups in total. The fourth-order valence-corrected chi connectivity index (χ4v) is 5.87. The molecule has 3 aromatic rings. The van der Waals surface area contributed by atoms with E-state index in [1.807, 2.05) is 43.0 Å². The summed E-state index contributed by atoms with van der Waals surface area (Å²) in [5, 5.41) is 15.5. The van der Waals surface area contributed by atoms with Crippen molar-refractivity contribution in [2.45, 2.75) is 63.8 Å². The van der Waals surface area contributed by atoms with E-state index in [0.29, 0.717) is 48.7 Å². The van der Waals surface area contributed by atoms with Crippen LogP contribution in [0.15, 0.2) is 41.5 Å². The van der Waals surface area contributed by atoms with E-state index in [0.717, 1.165) is 30.6 Å². The number of piperidine rings is 1. The highest BCUT2D eigenvalue weighted by Crippen LogP contribution is 2.47. The fourth-order valence-electron chi connectivity index (χ4n) is 5.58. The van der Waals surface area contributed by atoms with E-state index in [4.69, 9.17) is 16.3 Å². The number of halogens is 1. The number of hydrogen-bond acceptors (Lipinski definition) is 6. The van der Waals surface area contributed by atoms with Crippen LogP contribution in [0.25, 0.3) is 16.7 Å². The first kappa shape index (κ1) is 25.6. The number of aliphatic hydroxyl groups is 1. The monoisotopic (exact) mass is 539 g/mol. The third-order valence-corrected chi connectivity index (χ3v) is 8.73. The number of carbonyl (C=O) groups is 1. The van der Waals surface area contributed by atoms with Crippen molar-refractivity contribution in [3.8, 4) is 5.69 Å². The van der Waals surface area contributed by atoms with Crippen molar-refractivity contribution in [1.82, 2.24) is 24.3 Å². The highest BCUT2D eigenvalue weighted by atomic mass is 35.5. The SMILES string of the molecule is C[C@H]1CN[C@H](c2ccc(-n3c(Cl)cc4c(=O)n(CC5(O)CCN(C(=O)C6(C)CC6)CC5)cnc43)cc2)CO1. The van der Waals surface area contributed by atoms with Gasteiger partial charge in [-0.3, -0.25) is 18.7 Å². The van der Waals surface area contributed by atoms with Crippen LogP contribution in [0.1, 0.15) is 51.1 Å². The van der Waals surface area contributed by atoms with Gasteiger partial charge in [-0.1, -0.05) is 30.7 Å². The Morgan fingerprint density at radius 1 is 1.21 bits per heavy atom. The number of amides is 1. The number of rotatable bonds is 5. The molecule has 3 aliphatic rings. The van der Waals surface area contributed by atoms with Crippen molar-refractivity contribution in [3.63, 3.8) is 0 Å². The van der Waals surface area contributed by atoms with Crippen LogP contribution >= 0.6 is 11.6 Å². The van der Waals surface area contributed by atoms with E-state index in [1.54, 1.807) is 10.6 Å². The van der Waals surface area contributed by atoms with Crippen molar-refractivity contribution in [2.75, 3.05) is 26.2 Å². The van der Waals surface area contributed by atoms with Crippen LogP contribution in [0.4, 0.5) is 0 Å². The van der Waals surface area contributed by atoms with Gasteiger partial charge in [-0.05, 0) is 56.4 Å². The van der Waals surface area contributed by atoms with Gasteiger partial charge in [0.1, 0.15) is 11.5 Å². The first-order chi connectivity index (χ1) is 18.2. The molecule has 4 heterocycles. The minimum absolute atomic E-state index is 0.126. The molecule has 2 atom stereocenters. The van der Waals surface area contributed by atoms with Gasteiger partial charge in [0.05, 0.1) is 36.3 Å². The van der Waals surface area contributed by atoms with Crippen molar-refractivity contribution >= 4 is 28.5 Å². The Balaban J connectivity index is 1.20. The number of fused-ring (bicyclic) bond motifs is 1. The first-order valence-electron chi connectivity index (χ1n) is 13.4. The zero-order valence-corrected chi connectivity index (χ0v) is 22.6. The summed E-state index contributed by atoms with van der Waals surface area (Å²) in [6.07, 6.45) is 4.41. The summed E-state index contributed by atoms with van der Waals surface area (Å²) < 4.78 is 8.99. The van der Waals surface area contributed by atoms with E-state index in [9.17, 15) is 14.7 Å². The summed E-state index contributed by atoms with van der Waals surface area (Å²) in [6, 6.07) is 9.77. The van der Waals surface area contributed by atoms with E-state index < -0.39 is 5.60 Å². The minimum Gasteiger partial charge on any atom is -0.388 e. The van der Waals surface area contributed by atoms with Crippen molar-refractivity contribution in [2.24, 2.45) is 5.41 Å². The summed E-state index contributed by atoms with van der Waals surface area (Å²) >= 11 is 6.59. The fraction of sp³-hybridized carbons (Fsp3) is 0.536. The largest absolute Gasteiger partial charge is 0.388 e. The van der Waals surface area contributed by atoms with Gasteiger partial charge in [0.2, 0.25) is 5.91 Å². The normalized spacial score (nSPS) is 24.5.